The molecule has 0 saturated carbocycles. The Bertz CT molecular complexity index is 819. The molecule has 0 bridgehead atoms. The van der Waals surface area contributed by atoms with Gasteiger partial charge in [-0.1, -0.05) is 28.0 Å². The van der Waals surface area contributed by atoms with Crippen LogP contribution in [0.2, 0.25) is 0 Å². The van der Waals surface area contributed by atoms with E-state index < -0.39 is 0 Å². The van der Waals surface area contributed by atoms with Crippen LogP contribution in [0.15, 0.2) is 16.6 Å². The quantitative estimate of drug-likeness (QED) is 0.551. The van der Waals surface area contributed by atoms with Crippen LogP contribution in [0.5, 0.6) is 11.5 Å². The number of anilines is 1. The molecule has 0 atom stereocenters. The second kappa shape index (κ2) is 10.4. The first kappa shape index (κ1) is 22.9. The Labute approximate surface area is 179 Å². The van der Waals surface area contributed by atoms with Crippen LogP contribution in [-0.2, 0) is 17.9 Å². The lowest BCUT2D eigenvalue weighted by atomic mass is 10.1. The van der Waals surface area contributed by atoms with Gasteiger partial charge in [0.2, 0.25) is 5.95 Å². The van der Waals surface area contributed by atoms with Crippen LogP contribution in [0.3, 0.4) is 0 Å². The maximum absolute atomic E-state index is 12.1. The molecule has 9 nitrogen and oxygen atoms in total. The van der Waals surface area contributed by atoms with Crippen LogP contribution in [0.25, 0.3) is 0 Å². The highest BCUT2D eigenvalue weighted by atomic mass is 79.9. The molecule has 1 aromatic carbocycles. The van der Waals surface area contributed by atoms with Gasteiger partial charge in [0.05, 0.1) is 6.61 Å². The number of nitrogens with one attached hydrogen (secondary N) is 2. The number of hydrogen-bond acceptors (Lipinski definition) is 7. The molecule has 2 N–H and O–H groups in total. The lowest BCUT2D eigenvalue weighted by Crippen LogP contribution is -2.43. The van der Waals surface area contributed by atoms with Crippen molar-refractivity contribution in [2.24, 2.45) is 0 Å². The van der Waals surface area contributed by atoms with Gasteiger partial charge in [0.1, 0.15) is 0 Å². The zero-order valence-corrected chi connectivity index (χ0v) is 19.2. The molecule has 160 valence electrons. The van der Waals surface area contributed by atoms with Gasteiger partial charge in [0.25, 0.3) is 5.91 Å². The predicted molar refractivity (Wildman–Crippen MR) is 114 cm³/mol. The molecule has 1 heterocycles. The fourth-order valence-electron chi connectivity index (χ4n) is 2.56. The van der Waals surface area contributed by atoms with Crippen molar-refractivity contribution in [2.75, 3.05) is 18.5 Å². The maximum atomic E-state index is 12.1. The van der Waals surface area contributed by atoms with Gasteiger partial charge in [-0.05, 0) is 62.2 Å². The van der Waals surface area contributed by atoms with Crippen LogP contribution < -0.4 is 20.1 Å². The molecule has 1 aromatic heterocycles. The first-order valence-corrected chi connectivity index (χ1v) is 10.4. The molecule has 0 spiro atoms. The van der Waals surface area contributed by atoms with Gasteiger partial charge in [-0.25, -0.2) is 4.68 Å². The van der Waals surface area contributed by atoms with E-state index in [2.05, 4.69) is 49.0 Å². The highest BCUT2D eigenvalue weighted by molar-refractivity contribution is 9.10. The highest BCUT2D eigenvalue weighted by Crippen LogP contribution is 2.34. The predicted octanol–water partition coefficient (Wildman–Crippen LogP) is 3.15. The van der Waals surface area contributed by atoms with Crippen molar-refractivity contribution < 1.29 is 14.3 Å². The monoisotopic (exact) mass is 468 g/mol. The molecule has 0 aliphatic rings. The van der Waals surface area contributed by atoms with Crippen molar-refractivity contribution in [1.82, 2.24) is 25.5 Å². The van der Waals surface area contributed by atoms with Crippen molar-refractivity contribution in [2.45, 2.75) is 59.7 Å². The molecule has 0 fully saturated rings. The average molecular weight is 469 g/mol. The van der Waals surface area contributed by atoms with Crippen molar-refractivity contribution in [3.05, 3.63) is 22.2 Å². The minimum Gasteiger partial charge on any atom is -0.490 e. The van der Waals surface area contributed by atoms with Crippen molar-refractivity contribution in [1.29, 1.82) is 0 Å². The third-order valence-electron chi connectivity index (χ3n) is 3.69. The summed E-state index contributed by atoms with van der Waals surface area (Å²) in [7, 11) is 0. The SMILES string of the molecule is CCCn1nnnc1NCc1cc(OCC)c(OCC(=O)NC(C)(C)C)cc1Br. The lowest BCUT2D eigenvalue weighted by molar-refractivity contribution is -0.124. The van der Waals surface area contributed by atoms with E-state index in [0.29, 0.717) is 30.6 Å². The molecule has 0 radical (unpaired) electrons. The smallest absolute Gasteiger partial charge is 0.258 e. The molecule has 0 aliphatic heterocycles. The summed E-state index contributed by atoms with van der Waals surface area (Å²) in [4.78, 5) is 12.1. The van der Waals surface area contributed by atoms with Gasteiger partial charge < -0.3 is 20.1 Å². The van der Waals surface area contributed by atoms with Crippen molar-refractivity contribution in [3.8, 4) is 11.5 Å². The fourth-order valence-corrected chi connectivity index (χ4v) is 3.02. The van der Waals surface area contributed by atoms with E-state index in [1.165, 1.54) is 0 Å². The van der Waals surface area contributed by atoms with Crippen LogP contribution >= 0.6 is 15.9 Å². The highest BCUT2D eigenvalue weighted by Gasteiger charge is 2.17. The number of ether oxygens (including phenoxy) is 2. The van der Waals surface area contributed by atoms with E-state index >= 15 is 0 Å². The number of nitrogens with zero attached hydrogens (tertiary/aromatic N) is 4. The summed E-state index contributed by atoms with van der Waals surface area (Å²) in [6, 6.07) is 3.69. The van der Waals surface area contributed by atoms with Crippen LogP contribution in [-0.4, -0.2) is 44.9 Å². The second-order valence-corrected chi connectivity index (χ2v) is 8.34. The average Bonchev–Trinajstić information content (AvgIpc) is 3.06. The van der Waals surface area contributed by atoms with Crippen molar-refractivity contribution >= 4 is 27.8 Å². The third-order valence-corrected chi connectivity index (χ3v) is 4.43. The topological polar surface area (TPSA) is 103 Å². The molecule has 0 aliphatic carbocycles. The minimum atomic E-state index is -0.313. The summed E-state index contributed by atoms with van der Waals surface area (Å²) in [6.45, 7) is 11.4. The first-order valence-electron chi connectivity index (χ1n) is 9.62. The maximum Gasteiger partial charge on any atom is 0.258 e. The molecule has 1 amide bonds. The zero-order chi connectivity index (χ0) is 21.4. The number of amides is 1. The normalized spacial score (nSPS) is 11.2. The minimum absolute atomic E-state index is 0.0901. The van der Waals surface area contributed by atoms with Gasteiger partial charge in [-0.15, -0.1) is 0 Å². The number of benzene rings is 1. The molecular weight excluding hydrogens is 440 g/mol. The van der Waals surface area contributed by atoms with E-state index in [-0.39, 0.29) is 18.1 Å². The summed E-state index contributed by atoms with van der Waals surface area (Å²) in [5.74, 6) is 1.49. The Balaban J connectivity index is 2.10. The number of hydrogen-bond donors (Lipinski definition) is 2. The standard InChI is InChI=1S/C19H29BrN6O3/c1-6-8-26-18(23-24-25-26)21-11-13-9-15(28-7-2)16(10-14(13)20)29-12-17(27)22-19(3,4)5/h9-10H,6-8,11-12H2,1-5H3,(H,22,27)(H,21,23,25). The number of aryl methyl sites for hydroxylation is 1. The number of carbonyl (C=O) groups excluding carboxylic acids is 1. The molecule has 29 heavy (non-hydrogen) atoms. The van der Waals surface area contributed by atoms with Gasteiger partial charge in [-0.2, -0.15) is 0 Å². The zero-order valence-electron chi connectivity index (χ0n) is 17.6. The second-order valence-electron chi connectivity index (χ2n) is 7.49. The number of tetrazole rings is 1. The summed E-state index contributed by atoms with van der Waals surface area (Å²) >= 11 is 3.57. The van der Waals surface area contributed by atoms with Gasteiger partial charge >= 0.3 is 0 Å². The van der Waals surface area contributed by atoms with Crippen molar-refractivity contribution in [3.63, 3.8) is 0 Å². The van der Waals surface area contributed by atoms with Crippen LogP contribution in [0.4, 0.5) is 5.95 Å². The van der Waals surface area contributed by atoms with Crippen LogP contribution in [0.1, 0.15) is 46.6 Å². The number of aromatic nitrogens is 4. The lowest BCUT2D eigenvalue weighted by Gasteiger charge is -2.21. The van der Waals surface area contributed by atoms with Gasteiger partial charge in [0, 0.05) is 23.1 Å². The number of carbonyl (C=O) groups is 1. The summed E-state index contributed by atoms with van der Waals surface area (Å²) < 4.78 is 14.0. The fraction of sp³-hybridized carbons (Fsp3) is 0.579. The molecule has 0 saturated heterocycles. The summed E-state index contributed by atoms with van der Waals surface area (Å²) in [5.41, 5.74) is 0.637. The third kappa shape index (κ3) is 7.19. The Morgan fingerprint density at radius 3 is 2.59 bits per heavy atom. The van der Waals surface area contributed by atoms with E-state index in [1.807, 2.05) is 33.8 Å². The molecule has 10 heteroatoms. The summed E-state index contributed by atoms with van der Waals surface area (Å²) in [6.07, 6.45) is 0.937. The molecule has 0 unspecified atom stereocenters. The van der Waals surface area contributed by atoms with Gasteiger partial charge in [-0.3, -0.25) is 4.79 Å². The largest absolute Gasteiger partial charge is 0.490 e. The molecule has 2 aromatic rings. The van der Waals surface area contributed by atoms with E-state index in [0.717, 1.165) is 23.0 Å². The van der Waals surface area contributed by atoms with Crippen LogP contribution in [0, 0.1) is 0 Å². The Hall–Kier alpha value is -2.36. The van der Waals surface area contributed by atoms with E-state index in [4.69, 9.17) is 9.47 Å². The Morgan fingerprint density at radius 2 is 1.93 bits per heavy atom. The number of rotatable bonds is 10. The molecule has 2 rings (SSSR count). The Kier molecular flexibility index (Phi) is 8.24. The Morgan fingerprint density at radius 1 is 1.21 bits per heavy atom. The molecular formula is C19H29BrN6O3. The number of halogens is 1. The van der Waals surface area contributed by atoms with Gasteiger partial charge in [0.15, 0.2) is 18.1 Å². The van der Waals surface area contributed by atoms with E-state index in [1.54, 1.807) is 10.7 Å². The van der Waals surface area contributed by atoms with E-state index in [9.17, 15) is 4.79 Å². The first-order chi connectivity index (χ1) is 13.7. The summed E-state index contributed by atoms with van der Waals surface area (Å²) in [5, 5.41) is 17.8.